The number of halogens is 1. The molecule has 1 N–H and O–H groups in total. The Morgan fingerprint density at radius 3 is 2.66 bits per heavy atom. The smallest absolute Gasteiger partial charge is 0.230 e. The Labute approximate surface area is 193 Å². The van der Waals surface area contributed by atoms with Gasteiger partial charge in [0.15, 0.2) is 0 Å². The van der Waals surface area contributed by atoms with Crippen LogP contribution in [0.1, 0.15) is 11.3 Å². The number of aromatic nitrogens is 4. The van der Waals surface area contributed by atoms with E-state index in [9.17, 15) is 4.79 Å². The summed E-state index contributed by atoms with van der Waals surface area (Å²) in [5.41, 5.74) is 1.95. The van der Waals surface area contributed by atoms with Crippen LogP contribution in [0.25, 0.3) is 11.3 Å². The van der Waals surface area contributed by atoms with E-state index in [-0.39, 0.29) is 11.7 Å². The van der Waals surface area contributed by atoms with Gasteiger partial charge in [-0.3, -0.25) is 4.79 Å². The Bertz CT molecular complexity index is 1180. The zero-order valence-electron chi connectivity index (χ0n) is 17.2. The molecule has 32 heavy (non-hydrogen) atoms. The lowest BCUT2D eigenvalue weighted by Crippen LogP contribution is -2.24. The number of carbonyl (C=O) groups is 1. The second kappa shape index (κ2) is 10.3. The summed E-state index contributed by atoms with van der Waals surface area (Å²) in [6.07, 6.45) is 0. The number of benzene rings is 2. The minimum absolute atomic E-state index is 0.140. The number of nitrogens with zero attached hydrogens (tertiary/aromatic N) is 4. The predicted octanol–water partition coefficient (Wildman–Crippen LogP) is 4.05. The molecule has 0 saturated heterocycles. The lowest BCUT2D eigenvalue weighted by Gasteiger charge is -2.06. The quantitative estimate of drug-likeness (QED) is 0.369. The number of amides is 1. The number of ether oxygens (including phenoxy) is 1. The van der Waals surface area contributed by atoms with Crippen LogP contribution in [0.3, 0.4) is 0 Å². The zero-order chi connectivity index (χ0) is 22.3. The summed E-state index contributed by atoms with van der Waals surface area (Å²) in [6.45, 7) is 0.796. The normalized spacial score (nSPS) is 10.8. The van der Waals surface area contributed by atoms with Crippen molar-refractivity contribution in [3.8, 4) is 17.1 Å². The molecule has 0 spiro atoms. The van der Waals surface area contributed by atoms with Crippen molar-refractivity contribution in [1.29, 1.82) is 0 Å². The largest absolute Gasteiger partial charge is 0.497 e. The summed E-state index contributed by atoms with van der Waals surface area (Å²) >= 11 is 7.19. The first kappa shape index (κ1) is 21.9. The first-order valence-electron chi connectivity index (χ1n) is 9.74. The summed E-state index contributed by atoms with van der Waals surface area (Å²) in [5, 5.41) is 15.8. The molecule has 2 aromatic heterocycles. The Kier molecular flexibility index (Phi) is 7.08. The van der Waals surface area contributed by atoms with E-state index < -0.39 is 0 Å². The number of rotatable bonds is 9. The third-order valence-corrected chi connectivity index (χ3v) is 5.78. The van der Waals surface area contributed by atoms with Crippen molar-refractivity contribution in [3.63, 3.8) is 0 Å². The van der Waals surface area contributed by atoms with Crippen molar-refractivity contribution in [1.82, 2.24) is 25.5 Å². The minimum atomic E-state index is -0.140. The third kappa shape index (κ3) is 5.68. The van der Waals surface area contributed by atoms with E-state index in [0.29, 0.717) is 29.0 Å². The topological polar surface area (TPSA) is 95.1 Å². The van der Waals surface area contributed by atoms with Crippen LogP contribution in [0, 0.1) is 0 Å². The number of methoxy groups -OCH3 is 1. The molecule has 2 heterocycles. The van der Waals surface area contributed by atoms with E-state index in [1.165, 1.54) is 11.8 Å². The maximum atomic E-state index is 12.3. The summed E-state index contributed by atoms with van der Waals surface area (Å²) in [7, 11) is 1.63. The van der Waals surface area contributed by atoms with Gasteiger partial charge in [-0.25, -0.2) is 4.68 Å². The maximum absolute atomic E-state index is 12.3. The van der Waals surface area contributed by atoms with Gasteiger partial charge in [-0.05, 0) is 64.5 Å². The predicted molar refractivity (Wildman–Crippen MR) is 122 cm³/mol. The molecule has 8 nitrogen and oxygen atoms in total. The molecule has 1 amide bonds. The van der Waals surface area contributed by atoms with Gasteiger partial charge in [-0.15, -0.1) is 5.10 Å². The van der Waals surface area contributed by atoms with Crippen LogP contribution in [0.5, 0.6) is 5.75 Å². The highest BCUT2D eigenvalue weighted by atomic mass is 35.5. The van der Waals surface area contributed by atoms with Gasteiger partial charge in [0.25, 0.3) is 0 Å². The fourth-order valence-electron chi connectivity index (χ4n) is 2.91. The van der Waals surface area contributed by atoms with Crippen LogP contribution >= 0.6 is 23.4 Å². The number of furan rings is 1. The second-order valence-electron chi connectivity index (χ2n) is 6.81. The van der Waals surface area contributed by atoms with E-state index >= 15 is 0 Å². The van der Waals surface area contributed by atoms with E-state index in [1.54, 1.807) is 23.9 Å². The number of thioether (sulfide) groups is 1. The van der Waals surface area contributed by atoms with Gasteiger partial charge < -0.3 is 14.5 Å². The first-order chi connectivity index (χ1) is 15.6. The van der Waals surface area contributed by atoms with E-state index in [4.69, 9.17) is 20.8 Å². The molecule has 0 unspecified atom stereocenters. The maximum Gasteiger partial charge on any atom is 0.230 e. The molecule has 0 saturated carbocycles. The number of nitrogens with one attached hydrogen (secondary N) is 1. The van der Waals surface area contributed by atoms with Crippen LogP contribution in [0.4, 0.5) is 0 Å². The highest BCUT2D eigenvalue weighted by Crippen LogP contribution is 2.24. The van der Waals surface area contributed by atoms with E-state index in [0.717, 1.165) is 22.6 Å². The van der Waals surface area contributed by atoms with Crippen LogP contribution in [0.15, 0.2) is 70.2 Å². The number of hydrogen-bond donors (Lipinski definition) is 1. The summed E-state index contributed by atoms with van der Waals surface area (Å²) in [6, 6.07) is 18.7. The molecule has 164 valence electrons. The molecule has 0 bridgehead atoms. The first-order valence-corrected chi connectivity index (χ1v) is 11.1. The van der Waals surface area contributed by atoms with Gasteiger partial charge >= 0.3 is 0 Å². The van der Waals surface area contributed by atoms with Crippen LogP contribution in [-0.2, 0) is 17.9 Å². The van der Waals surface area contributed by atoms with Gasteiger partial charge in [0.2, 0.25) is 11.1 Å². The Morgan fingerprint density at radius 1 is 1.12 bits per heavy atom. The molecular formula is C22H20ClN5O3S. The summed E-state index contributed by atoms with van der Waals surface area (Å²) < 4.78 is 12.6. The molecule has 4 aromatic rings. The van der Waals surface area contributed by atoms with Crippen LogP contribution < -0.4 is 10.1 Å². The Balaban J connectivity index is 1.27. The number of carbonyl (C=O) groups excluding carboxylic acids is 1. The zero-order valence-corrected chi connectivity index (χ0v) is 18.8. The Hall–Kier alpha value is -3.30. The summed E-state index contributed by atoms with van der Waals surface area (Å²) in [5.74, 6) is 2.22. The highest BCUT2D eigenvalue weighted by Gasteiger charge is 2.12. The molecule has 0 aliphatic heterocycles. The molecule has 0 aliphatic carbocycles. The van der Waals surface area contributed by atoms with Crippen molar-refractivity contribution in [2.24, 2.45) is 0 Å². The molecule has 10 heteroatoms. The number of tetrazole rings is 1. The average Bonchev–Trinajstić information content (AvgIpc) is 3.47. The molecule has 0 fully saturated rings. The van der Waals surface area contributed by atoms with Gasteiger partial charge in [-0.2, -0.15) is 0 Å². The lowest BCUT2D eigenvalue weighted by atomic mass is 10.2. The van der Waals surface area contributed by atoms with E-state index in [2.05, 4.69) is 20.8 Å². The minimum Gasteiger partial charge on any atom is -0.497 e. The fourth-order valence-corrected chi connectivity index (χ4v) is 3.74. The fraction of sp³-hybridized carbons (Fsp3) is 0.182. The molecule has 2 aromatic carbocycles. The van der Waals surface area contributed by atoms with Gasteiger partial charge in [-0.1, -0.05) is 35.5 Å². The third-order valence-electron chi connectivity index (χ3n) is 4.57. The molecule has 0 aliphatic rings. The van der Waals surface area contributed by atoms with Gasteiger partial charge in [0.05, 0.1) is 26.0 Å². The van der Waals surface area contributed by atoms with Gasteiger partial charge in [0, 0.05) is 10.6 Å². The number of hydrogen-bond acceptors (Lipinski definition) is 7. The van der Waals surface area contributed by atoms with Crippen molar-refractivity contribution in [2.75, 3.05) is 12.9 Å². The second-order valence-corrected chi connectivity index (χ2v) is 8.18. The van der Waals surface area contributed by atoms with Crippen molar-refractivity contribution in [3.05, 3.63) is 77.0 Å². The SMILES string of the molecule is COc1ccc(Cn2nnnc2SCC(=O)NCc2ccc(-c3ccc(Cl)cc3)o2)cc1. The molecule has 4 rings (SSSR count). The van der Waals surface area contributed by atoms with Crippen molar-refractivity contribution < 1.29 is 13.9 Å². The molecule has 0 radical (unpaired) electrons. The van der Waals surface area contributed by atoms with Crippen LogP contribution in [0.2, 0.25) is 5.02 Å². The lowest BCUT2D eigenvalue weighted by molar-refractivity contribution is -0.118. The monoisotopic (exact) mass is 469 g/mol. The standard InChI is InChI=1S/C22H20ClN5O3S/c1-30-18-8-2-15(3-9-18)13-28-22(25-26-27-28)32-14-21(29)24-12-19-10-11-20(31-19)16-4-6-17(23)7-5-16/h2-11H,12-14H2,1H3,(H,24,29). The van der Waals surface area contributed by atoms with Crippen molar-refractivity contribution >= 4 is 29.3 Å². The van der Waals surface area contributed by atoms with Crippen molar-refractivity contribution in [2.45, 2.75) is 18.2 Å². The summed E-state index contributed by atoms with van der Waals surface area (Å²) in [4.78, 5) is 12.3. The molecule has 0 atom stereocenters. The molecular weight excluding hydrogens is 450 g/mol. The highest BCUT2D eigenvalue weighted by molar-refractivity contribution is 7.99. The van der Waals surface area contributed by atoms with E-state index in [1.807, 2.05) is 48.5 Å². The Morgan fingerprint density at radius 2 is 1.91 bits per heavy atom. The van der Waals surface area contributed by atoms with Gasteiger partial charge in [0.1, 0.15) is 17.3 Å². The average molecular weight is 470 g/mol. The van der Waals surface area contributed by atoms with Crippen LogP contribution in [-0.4, -0.2) is 39.0 Å².